The Hall–Kier alpha value is -2.89. The van der Waals surface area contributed by atoms with E-state index in [-0.39, 0.29) is 17.0 Å². The van der Waals surface area contributed by atoms with Gasteiger partial charge in [-0.3, -0.25) is 14.7 Å². The lowest BCUT2D eigenvalue weighted by atomic mass is 10.0. The maximum absolute atomic E-state index is 12.9. The Kier molecular flexibility index (Phi) is 9.11. The van der Waals surface area contributed by atoms with E-state index in [9.17, 15) is 18.0 Å². The van der Waals surface area contributed by atoms with E-state index >= 15 is 0 Å². The zero-order valence-electron chi connectivity index (χ0n) is 21.1. The van der Waals surface area contributed by atoms with Gasteiger partial charge in [-0.25, -0.2) is 0 Å². The molecular formula is C27H31BrF3N5O2. The monoisotopic (exact) mass is 593 g/mol. The van der Waals surface area contributed by atoms with Gasteiger partial charge in [0.1, 0.15) is 0 Å². The number of hydrogen-bond donors (Lipinski definition) is 2. The summed E-state index contributed by atoms with van der Waals surface area (Å²) in [6.07, 6.45) is -1.11. The Morgan fingerprint density at radius 3 is 2.34 bits per heavy atom. The fourth-order valence-electron chi connectivity index (χ4n) is 4.79. The number of piperidine rings is 1. The predicted molar refractivity (Wildman–Crippen MR) is 147 cm³/mol. The van der Waals surface area contributed by atoms with Gasteiger partial charge in [0, 0.05) is 48.6 Å². The van der Waals surface area contributed by atoms with Crippen molar-refractivity contribution in [3.63, 3.8) is 0 Å². The second-order valence-electron chi connectivity index (χ2n) is 9.31. The minimum absolute atomic E-state index is 0.121. The highest BCUT2D eigenvalue weighted by Crippen LogP contribution is 2.33. The first-order chi connectivity index (χ1) is 18.2. The lowest BCUT2D eigenvalue weighted by Crippen LogP contribution is -2.49. The summed E-state index contributed by atoms with van der Waals surface area (Å²) >= 11 is 3.65. The number of nitrogens with zero attached hydrogens (tertiary/aromatic N) is 3. The van der Waals surface area contributed by atoms with Crippen molar-refractivity contribution in [2.75, 3.05) is 49.6 Å². The lowest BCUT2D eigenvalue weighted by molar-refractivity contribution is -0.137. The summed E-state index contributed by atoms with van der Waals surface area (Å²) in [5.74, 6) is -0.466. The summed E-state index contributed by atoms with van der Waals surface area (Å²) in [4.78, 5) is 22.1. The highest BCUT2D eigenvalue weighted by molar-refractivity contribution is 9.10. The van der Waals surface area contributed by atoms with Gasteiger partial charge in [0.15, 0.2) is 0 Å². The predicted octanol–water partition coefficient (Wildman–Crippen LogP) is 5.34. The number of alkyl halides is 3. The minimum Gasteiger partial charge on any atom is -0.404 e. The molecule has 0 spiro atoms. The van der Waals surface area contributed by atoms with Gasteiger partial charge in [-0.15, -0.1) is 0 Å². The third-order valence-corrected chi connectivity index (χ3v) is 7.50. The van der Waals surface area contributed by atoms with Gasteiger partial charge in [0.2, 0.25) is 0 Å². The molecule has 0 aliphatic carbocycles. The van der Waals surface area contributed by atoms with Crippen LogP contribution in [0.1, 0.15) is 25.3 Å². The summed E-state index contributed by atoms with van der Waals surface area (Å²) in [6.45, 7) is 7.08. The van der Waals surface area contributed by atoms with Crippen LogP contribution < -0.4 is 16.0 Å². The summed E-state index contributed by atoms with van der Waals surface area (Å²) in [5, 5.41) is 2.83. The second kappa shape index (κ2) is 12.3. The smallest absolute Gasteiger partial charge is 0.404 e. The van der Waals surface area contributed by atoms with Crippen LogP contribution in [0.3, 0.4) is 0 Å². The summed E-state index contributed by atoms with van der Waals surface area (Å²) in [5.41, 5.74) is 7.27. The number of hydrogen-bond acceptors (Lipinski definition) is 6. The van der Waals surface area contributed by atoms with Crippen LogP contribution in [0, 0.1) is 0 Å². The largest absolute Gasteiger partial charge is 0.416 e. The van der Waals surface area contributed by atoms with Crippen molar-refractivity contribution in [1.82, 2.24) is 4.90 Å². The van der Waals surface area contributed by atoms with E-state index in [1.54, 1.807) is 6.92 Å². The highest BCUT2D eigenvalue weighted by Gasteiger charge is 2.30. The zero-order valence-corrected chi connectivity index (χ0v) is 22.7. The summed E-state index contributed by atoms with van der Waals surface area (Å²) in [7, 11) is 0. The van der Waals surface area contributed by atoms with Gasteiger partial charge >= 0.3 is 6.18 Å². The molecule has 3 N–H and O–H groups in total. The molecule has 1 amide bonds. The number of carbonyl (C=O) groups excluding carboxylic acids is 1. The molecule has 0 saturated carbocycles. The number of benzene rings is 2. The maximum atomic E-state index is 12.9. The molecule has 38 heavy (non-hydrogen) atoms. The third-order valence-electron chi connectivity index (χ3n) is 6.87. The van der Waals surface area contributed by atoms with Crippen LogP contribution >= 0.6 is 15.9 Å². The number of aliphatic imine (C=N–C) groups is 1. The van der Waals surface area contributed by atoms with Gasteiger partial charge in [-0.2, -0.15) is 13.2 Å². The van der Waals surface area contributed by atoms with Crippen LogP contribution in [-0.4, -0.2) is 62.0 Å². The molecule has 11 heteroatoms. The fourth-order valence-corrected chi connectivity index (χ4v) is 5.42. The average molecular weight is 594 g/mol. The van der Waals surface area contributed by atoms with Crippen LogP contribution in [0.15, 0.2) is 63.7 Å². The minimum atomic E-state index is -4.43. The van der Waals surface area contributed by atoms with E-state index in [1.165, 1.54) is 12.1 Å². The second-order valence-corrected chi connectivity index (χ2v) is 10.2. The Morgan fingerprint density at radius 1 is 1.11 bits per heavy atom. The molecule has 2 aromatic carbocycles. The van der Waals surface area contributed by atoms with Crippen LogP contribution in [0.4, 0.5) is 30.2 Å². The number of amides is 1. The molecule has 2 heterocycles. The van der Waals surface area contributed by atoms with Gasteiger partial charge in [0.05, 0.1) is 41.4 Å². The van der Waals surface area contributed by atoms with Crippen molar-refractivity contribution in [2.45, 2.75) is 32.0 Å². The Morgan fingerprint density at radius 2 is 1.76 bits per heavy atom. The number of ether oxygens (including phenoxy) is 1. The number of nitrogens with one attached hydrogen (secondary N) is 1. The standard InChI is InChI=1S/C27H31BrF3N5O2/c1-18(33-20-4-2-19(3-5-20)27(29,30)31)23(17-32)26(37)34-21-6-7-25(24(28)16-21)36-10-8-22(9-11-36)35-12-14-38-15-13-35/h2-7,16-17,22H,8-15,32H2,1H3,(H,34,37). The Balaban J connectivity index is 1.37. The number of anilines is 2. The quantitative estimate of drug-likeness (QED) is 0.349. The van der Waals surface area contributed by atoms with E-state index < -0.39 is 17.6 Å². The first-order valence-corrected chi connectivity index (χ1v) is 13.3. The molecule has 7 nitrogen and oxygen atoms in total. The van der Waals surface area contributed by atoms with Crippen molar-refractivity contribution >= 4 is 44.6 Å². The normalized spacial score (nSPS) is 18.5. The van der Waals surface area contributed by atoms with Gasteiger partial charge in [-0.1, -0.05) is 0 Å². The number of nitrogens with two attached hydrogens (primary N) is 1. The highest BCUT2D eigenvalue weighted by atomic mass is 79.9. The maximum Gasteiger partial charge on any atom is 0.416 e. The topological polar surface area (TPSA) is 83.2 Å². The molecule has 0 radical (unpaired) electrons. The average Bonchev–Trinajstić information content (AvgIpc) is 2.90. The van der Waals surface area contributed by atoms with Gasteiger partial charge in [0.25, 0.3) is 5.91 Å². The van der Waals surface area contributed by atoms with Crippen molar-refractivity contribution < 1.29 is 22.7 Å². The fraction of sp³-hybridized carbons (Fsp3) is 0.407. The van der Waals surface area contributed by atoms with E-state index in [0.717, 1.165) is 80.7 Å². The molecule has 2 saturated heterocycles. The molecule has 4 rings (SSSR count). The van der Waals surface area contributed by atoms with E-state index in [0.29, 0.717) is 11.7 Å². The first-order valence-electron chi connectivity index (χ1n) is 12.5. The molecule has 2 aliphatic rings. The first kappa shape index (κ1) is 28.1. The van der Waals surface area contributed by atoms with Crippen molar-refractivity contribution in [1.29, 1.82) is 0 Å². The lowest BCUT2D eigenvalue weighted by Gasteiger charge is -2.41. The Bertz CT molecular complexity index is 1190. The van der Waals surface area contributed by atoms with Gasteiger partial charge in [-0.05, 0) is 78.2 Å². The molecule has 2 fully saturated rings. The number of halogens is 4. The van der Waals surface area contributed by atoms with Crippen molar-refractivity contribution in [2.24, 2.45) is 10.7 Å². The van der Waals surface area contributed by atoms with Crippen LogP contribution in [0.5, 0.6) is 0 Å². The molecule has 0 atom stereocenters. The van der Waals surface area contributed by atoms with Crippen LogP contribution in [-0.2, 0) is 15.7 Å². The number of rotatable bonds is 6. The molecule has 2 aliphatic heterocycles. The number of morpholine rings is 1. The number of carbonyl (C=O) groups is 1. The molecular weight excluding hydrogens is 563 g/mol. The van der Waals surface area contributed by atoms with E-state index in [1.807, 2.05) is 18.2 Å². The van der Waals surface area contributed by atoms with Crippen LogP contribution in [0.25, 0.3) is 0 Å². The molecule has 2 aromatic rings. The molecule has 204 valence electrons. The van der Waals surface area contributed by atoms with Crippen LogP contribution in [0.2, 0.25) is 0 Å². The van der Waals surface area contributed by atoms with Crippen molar-refractivity contribution in [3.8, 4) is 0 Å². The molecule has 0 unspecified atom stereocenters. The van der Waals surface area contributed by atoms with Gasteiger partial charge < -0.3 is 20.7 Å². The molecule has 0 bridgehead atoms. The molecule has 0 aromatic heterocycles. The zero-order chi connectivity index (χ0) is 27.3. The summed E-state index contributed by atoms with van der Waals surface area (Å²) < 4.78 is 44.7. The third kappa shape index (κ3) is 6.95. The van der Waals surface area contributed by atoms with E-state index in [4.69, 9.17) is 10.5 Å². The SMILES string of the molecule is CC(=Nc1ccc(C(F)(F)F)cc1)C(=CN)C(=O)Nc1ccc(N2CCC(N3CCOCC3)CC2)c(Br)c1. The van der Waals surface area contributed by atoms with Crippen molar-refractivity contribution in [3.05, 3.63) is 64.3 Å². The van der Waals surface area contributed by atoms with E-state index in [2.05, 4.69) is 36.0 Å². The summed E-state index contributed by atoms with van der Waals surface area (Å²) in [6, 6.07) is 10.6. The Labute approximate surface area is 228 Å².